The van der Waals surface area contributed by atoms with E-state index in [1.54, 1.807) is 0 Å². The van der Waals surface area contributed by atoms with Gasteiger partial charge in [-0.1, -0.05) is 12.8 Å². The molecule has 5 rings (SSSR count). The summed E-state index contributed by atoms with van der Waals surface area (Å²) in [5.41, 5.74) is 4.17. The lowest BCUT2D eigenvalue weighted by Crippen LogP contribution is -2.44. The van der Waals surface area contributed by atoms with Crippen LogP contribution in [0.5, 0.6) is 0 Å². The van der Waals surface area contributed by atoms with E-state index in [0.29, 0.717) is 6.04 Å². The predicted octanol–water partition coefficient (Wildman–Crippen LogP) is 4.32. The Kier molecular flexibility index (Phi) is 5.40. The van der Waals surface area contributed by atoms with Gasteiger partial charge in [0.2, 0.25) is 0 Å². The fourth-order valence-corrected chi connectivity index (χ4v) is 4.93. The van der Waals surface area contributed by atoms with Crippen molar-refractivity contribution in [2.24, 2.45) is 0 Å². The highest BCUT2D eigenvalue weighted by Crippen LogP contribution is 2.32. The summed E-state index contributed by atoms with van der Waals surface area (Å²) in [6, 6.07) is 12.9. The SMILES string of the molecule is Cc1cc2cnc(Nc3ccc(N4CCN(C)CC4)cc3)cc2n(C2CCCC2)c1=O. The second-order valence-electron chi connectivity index (χ2n) is 9.03. The average molecular weight is 418 g/mol. The monoisotopic (exact) mass is 417 g/mol. The summed E-state index contributed by atoms with van der Waals surface area (Å²) in [6.07, 6.45) is 6.44. The maximum atomic E-state index is 13.0. The van der Waals surface area contributed by atoms with Gasteiger partial charge in [-0.05, 0) is 57.1 Å². The summed E-state index contributed by atoms with van der Waals surface area (Å²) < 4.78 is 2.01. The molecule has 2 aliphatic rings. The van der Waals surface area contributed by atoms with Crippen LogP contribution in [0.25, 0.3) is 10.9 Å². The Morgan fingerprint density at radius 2 is 1.71 bits per heavy atom. The van der Waals surface area contributed by atoms with Crippen molar-refractivity contribution in [3.63, 3.8) is 0 Å². The van der Waals surface area contributed by atoms with Crippen molar-refractivity contribution < 1.29 is 0 Å². The largest absolute Gasteiger partial charge is 0.369 e. The van der Waals surface area contributed by atoms with Crippen molar-refractivity contribution in [2.45, 2.75) is 38.6 Å². The first-order valence-electron chi connectivity index (χ1n) is 11.4. The molecule has 162 valence electrons. The number of hydrogen-bond donors (Lipinski definition) is 1. The third-order valence-electron chi connectivity index (χ3n) is 6.80. The quantitative estimate of drug-likeness (QED) is 0.685. The van der Waals surface area contributed by atoms with Gasteiger partial charge in [-0.25, -0.2) is 4.98 Å². The lowest BCUT2D eigenvalue weighted by atomic mass is 10.1. The molecule has 6 heteroatoms. The van der Waals surface area contributed by atoms with Gasteiger partial charge in [-0.15, -0.1) is 0 Å². The summed E-state index contributed by atoms with van der Waals surface area (Å²) in [4.78, 5) is 22.4. The van der Waals surface area contributed by atoms with Crippen molar-refractivity contribution >= 4 is 28.1 Å². The number of aryl methyl sites for hydroxylation is 1. The molecule has 31 heavy (non-hydrogen) atoms. The first-order valence-corrected chi connectivity index (χ1v) is 11.4. The molecule has 1 aliphatic carbocycles. The van der Waals surface area contributed by atoms with E-state index in [2.05, 4.69) is 51.4 Å². The van der Waals surface area contributed by atoms with Crippen molar-refractivity contribution in [3.8, 4) is 0 Å². The van der Waals surface area contributed by atoms with Crippen LogP contribution in [0.1, 0.15) is 37.3 Å². The number of likely N-dealkylation sites (N-methyl/N-ethyl adjacent to an activating group) is 1. The van der Waals surface area contributed by atoms with E-state index in [9.17, 15) is 4.79 Å². The first-order chi connectivity index (χ1) is 15.1. The van der Waals surface area contributed by atoms with E-state index in [0.717, 1.165) is 67.0 Å². The molecule has 1 N–H and O–H groups in total. The van der Waals surface area contributed by atoms with Crippen molar-refractivity contribution in [1.29, 1.82) is 0 Å². The molecule has 1 saturated heterocycles. The minimum Gasteiger partial charge on any atom is -0.369 e. The standard InChI is InChI=1S/C25H31N5O/c1-18-15-19-17-26-24(16-23(19)30(25(18)31)22-5-3-4-6-22)27-20-7-9-21(10-8-20)29-13-11-28(2)12-14-29/h7-10,15-17,22H,3-6,11-14H2,1-2H3,(H,26,27). The van der Waals surface area contributed by atoms with Crippen LogP contribution in [-0.2, 0) is 0 Å². The minimum atomic E-state index is 0.132. The van der Waals surface area contributed by atoms with Gasteiger partial charge in [-0.2, -0.15) is 0 Å². The van der Waals surface area contributed by atoms with E-state index in [4.69, 9.17) is 0 Å². The van der Waals surface area contributed by atoms with Gasteiger partial charge < -0.3 is 19.7 Å². The normalized spacial score (nSPS) is 18.1. The number of nitrogens with zero attached hydrogens (tertiary/aromatic N) is 4. The van der Waals surface area contributed by atoms with Crippen LogP contribution in [0.15, 0.2) is 47.4 Å². The zero-order chi connectivity index (χ0) is 21.4. The molecule has 6 nitrogen and oxygen atoms in total. The lowest BCUT2D eigenvalue weighted by molar-refractivity contribution is 0.313. The molecule has 2 aromatic heterocycles. The minimum absolute atomic E-state index is 0.132. The Balaban J connectivity index is 1.41. The highest BCUT2D eigenvalue weighted by molar-refractivity contribution is 5.82. The second-order valence-corrected chi connectivity index (χ2v) is 9.03. The van der Waals surface area contributed by atoms with E-state index < -0.39 is 0 Å². The summed E-state index contributed by atoms with van der Waals surface area (Å²) in [5, 5.41) is 4.46. The van der Waals surface area contributed by atoms with Crippen molar-refractivity contribution in [2.75, 3.05) is 43.4 Å². The maximum absolute atomic E-state index is 13.0. The Morgan fingerprint density at radius 1 is 1.00 bits per heavy atom. The van der Waals surface area contributed by atoms with Gasteiger partial charge in [0.15, 0.2) is 0 Å². The van der Waals surface area contributed by atoms with Crippen LogP contribution in [0.3, 0.4) is 0 Å². The van der Waals surface area contributed by atoms with Gasteiger partial charge in [-0.3, -0.25) is 4.79 Å². The van der Waals surface area contributed by atoms with Crippen LogP contribution in [0.4, 0.5) is 17.2 Å². The van der Waals surface area contributed by atoms with Gasteiger partial charge in [0, 0.05) is 66.8 Å². The third-order valence-corrected chi connectivity index (χ3v) is 6.80. The van der Waals surface area contributed by atoms with Crippen LogP contribution in [0, 0.1) is 6.92 Å². The first kappa shape index (κ1) is 20.1. The van der Waals surface area contributed by atoms with Crippen LogP contribution >= 0.6 is 0 Å². The molecular weight excluding hydrogens is 386 g/mol. The fourth-order valence-electron chi connectivity index (χ4n) is 4.93. The Labute approximate surface area is 183 Å². The average Bonchev–Trinajstić information content (AvgIpc) is 3.30. The molecule has 0 radical (unpaired) electrons. The molecule has 1 aromatic carbocycles. The number of benzene rings is 1. The molecule has 3 heterocycles. The number of hydrogen-bond acceptors (Lipinski definition) is 5. The van der Waals surface area contributed by atoms with Gasteiger partial charge in [0.05, 0.1) is 5.52 Å². The molecule has 0 spiro atoms. The van der Waals surface area contributed by atoms with Crippen molar-refractivity contribution in [3.05, 3.63) is 58.5 Å². The van der Waals surface area contributed by atoms with Crippen LogP contribution < -0.4 is 15.8 Å². The highest BCUT2D eigenvalue weighted by atomic mass is 16.1. The topological polar surface area (TPSA) is 53.4 Å². The Bertz CT molecular complexity index is 1120. The zero-order valence-electron chi connectivity index (χ0n) is 18.5. The van der Waals surface area contributed by atoms with E-state index >= 15 is 0 Å². The molecule has 1 saturated carbocycles. The van der Waals surface area contributed by atoms with E-state index in [1.165, 1.54) is 18.5 Å². The Hall–Kier alpha value is -2.86. The number of rotatable bonds is 4. The number of anilines is 3. The number of piperazine rings is 1. The molecule has 0 amide bonds. The predicted molar refractivity (Wildman–Crippen MR) is 128 cm³/mol. The van der Waals surface area contributed by atoms with Crippen molar-refractivity contribution in [1.82, 2.24) is 14.5 Å². The molecule has 2 fully saturated rings. The summed E-state index contributed by atoms with van der Waals surface area (Å²) in [6.45, 7) is 6.23. The number of fused-ring (bicyclic) bond motifs is 1. The Morgan fingerprint density at radius 3 is 2.42 bits per heavy atom. The molecular formula is C25H31N5O. The molecule has 0 unspecified atom stereocenters. The molecule has 3 aromatic rings. The smallest absolute Gasteiger partial charge is 0.254 e. The fraction of sp³-hybridized carbons (Fsp3) is 0.440. The van der Waals surface area contributed by atoms with Gasteiger partial charge in [0.25, 0.3) is 5.56 Å². The zero-order valence-corrected chi connectivity index (χ0v) is 18.5. The molecule has 0 atom stereocenters. The summed E-state index contributed by atoms with van der Waals surface area (Å²) >= 11 is 0. The molecule has 1 aliphatic heterocycles. The highest BCUT2D eigenvalue weighted by Gasteiger charge is 2.21. The number of pyridine rings is 2. The number of aromatic nitrogens is 2. The number of nitrogens with one attached hydrogen (secondary N) is 1. The summed E-state index contributed by atoms with van der Waals surface area (Å²) in [7, 11) is 2.18. The van der Waals surface area contributed by atoms with E-state index in [-0.39, 0.29) is 5.56 Å². The van der Waals surface area contributed by atoms with Crippen LogP contribution in [0.2, 0.25) is 0 Å². The maximum Gasteiger partial charge on any atom is 0.254 e. The van der Waals surface area contributed by atoms with Gasteiger partial charge >= 0.3 is 0 Å². The third kappa shape index (κ3) is 4.04. The van der Waals surface area contributed by atoms with Gasteiger partial charge in [0.1, 0.15) is 5.82 Å². The second kappa shape index (κ2) is 8.35. The molecule has 0 bridgehead atoms. The summed E-state index contributed by atoms with van der Waals surface area (Å²) in [5.74, 6) is 0.773. The lowest BCUT2D eigenvalue weighted by Gasteiger charge is -2.34. The van der Waals surface area contributed by atoms with Crippen LogP contribution in [-0.4, -0.2) is 47.7 Å². The van der Waals surface area contributed by atoms with E-state index in [1.807, 2.05) is 29.8 Å².